The second-order valence-electron chi connectivity index (χ2n) is 3.30. The molecule has 0 aliphatic heterocycles. The van der Waals surface area contributed by atoms with Crippen molar-refractivity contribution in [2.45, 2.75) is 18.9 Å². The lowest BCUT2D eigenvalue weighted by Crippen LogP contribution is -2.36. The summed E-state index contributed by atoms with van der Waals surface area (Å²) in [7, 11) is 1.60. The predicted molar refractivity (Wildman–Crippen MR) is 60.4 cm³/mol. The fraction of sp³-hybridized carbons (Fsp3) is 0.364. The van der Waals surface area contributed by atoms with Crippen LogP contribution in [0.25, 0.3) is 0 Å². The lowest BCUT2D eigenvalue weighted by Gasteiger charge is -2.13. The van der Waals surface area contributed by atoms with Crippen molar-refractivity contribution in [3.63, 3.8) is 0 Å². The number of methoxy groups -OCH3 is 1. The minimum Gasteiger partial charge on any atom is -0.481 e. The van der Waals surface area contributed by atoms with Crippen LogP contribution < -0.4 is 16.0 Å². The zero-order valence-electron chi connectivity index (χ0n) is 8.94. The molecule has 1 atom stereocenters. The summed E-state index contributed by atoms with van der Waals surface area (Å²) in [6, 6.07) is 4.04. The lowest BCUT2D eigenvalue weighted by atomic mass is 10.1. The average Bonchev–Trinajstić information content (AvgIpc) is 2.29. The summed E-state index contributed by atoms with van der Waals surface area (Å²) in [4.78, 5) is 4.13. The number of nitrogens with two attached hydrogens (primary N) is 1. The maximum Gasteiger partial charge on any atom is 0.212 e. The zero-order valence-corrected chi connectivity index (χ0v) is 8.94. The quantitative estimate of drug-likeness (QED) is 0.416. The molecule has 0 radical (unpaired) electrons. The van der Waals surface area contributed by atoms with E-state index in [2.05, 4.69) is 17.0 Å². The van der Waals surface area contributed by atoms with E-state index in [0.29, 0.717) is 5.88 Å². The van der Waals surface area contributed by atoms with E-state index in [1.807, 2.05) is 18.2 Å². The van der Waals surface area contributed by atoms with Gasteiger partial charge in [0, 0.05) is 18.3 Å². The molecule has 0 aliphatic carbocycles. The van der Waals surface area contributed by atoms with E-state index in [4.69, 9.17) is 10.6 Å². The second-order valence-corrected chi connectivity index (χ2v) is 3.30. The topological polar surface area (TPSA) is 60.2 Å². The van der Waals surface area contributed by atoms with Crippen molar-refractivity contribution in [1.29, 1.82) is 0 Å². The van der Waals surface area contributed by atoms with Crippen LogP contribution in [0.15, 0.2) is 31.0 Å². The lowest BCUT2D eigenvalue weighted by molar-refractivity contribution is 0.397. The van der Waals surface area contributed by atoms with E-state index in [1.165, 1.54) is 0 Å². The van der Waals surface area contributed by atoms with Crippen molar-refractivity contribution < 1.29 is 4.74 Å². The molecule has 0 aromatic carbocycles. The Morgan fingerprint density at radius 2 is 2.47 bits per heavy atom. The minimum absolute atomic E-state index is 0.206. The Morgan fingerprint density at radius 3 is 2.93 bits per heavy atom. The average molecular weight is 207 g/mol. The van der Waals surface area contributed by atoms with Gasteiger partial charge in [0.25, 0.3) is 0 Å². The number of nitrogens with zero attached hydrogens (tertiary/aromatic N) is 1. The summed E-state index contributed by atoms with van der Waals surface area (Å²) in [6.45, 7) is 3.69. The number of nitrogens with one attached hydrogen (secondary N) is 1. The van der Waals surface area contributed by atoms with Gasteiger partial charge in [-0.25, -0.2) is 4.98 Å². The zero-order chi connectivity index (χ0) is 11.1. The van der Waals surface area contributed by atoms with Gasteiger partial charge in [-0.3, -0.25) is 11.3 Å². The highest BCUT2D eigenvalue weighted by atomic mass is 16.5. The maximum absolute atomic E-state index is 5.42. The van der Waals surface area contributed by atoms with Gasteiger partial charge < -0.3 is 4.74 Å². The van der Waals surface area contributed by atoms with Crippen LogP contribution in [0.3, 0.4) is 0 Å². The number of aromatic nitrogens is 1. The Kier molecular flexibility index (Phi) is 4.80. The van der Waals surface area contributed by atoms with E-state index < -0.39 is 0 Å². The number of pyridine rings is 1. The van der Waals surface area contributed by atoms with E-state index in [-0.39, 0.29) is 6.04 Å². The molecule has 1 heterocycles. The van der Waals surface area contributed by atoms with Gasteiger partial charge in [-0.05, 0) is 18.4 Å². The monoisotopic (exact) mass is 207 g/mol. The van der Waals surface area contributed by atoms with Crippen LogP contribution in [0.5, 0.6) is 5.88 Å². The molecule has 0 saturated heterocycles. The standard InChI is InChI=1S/C11H17N3O/c1-3-4-10(14-12)7-9-5-6-11(15-2)13-8-9/h3,5-6,8,10,14H,1,4,7,12H2,2H3. The third-order valence-electron chi connectivity index (χ3n) is 2.18. The number of hydrazine groups is 1. The smallest absolute Gasteiger partial charge is 0.212 e. The molecule has 4 heteroatoms. The molecule has 4 nitrogen and oxygen atoms in total. The van der Waals surface area contributed by atoms with Gasteiger partial charge >= 0.3 is 0 Å². The van der Waals surface area contributed by atoms with E-state index in [1.54, 1.807) is 13.3 Å². The van der Waals surface area contributed by atoms with Gasteiger partial charge in [-0.1, -0.05) is 12.1 Å². The molecule has 3 N–H and O–H groups in total. The van der Waals surface area contributed by atoms with Crippen LogP contribution >= 0.6 is 0 Å². The van der Waals surface area contributed by atoms with Gasteiger partial charge in [0.1, 0.15) is 0 Å². The fourth-order valence-corrected chi connectivity index (χ4v) is 1.35. The van der Waals surface area contributed by atoms with Gasteiger partial charge in [-0.2, -0.15) is 0 Å². The highest BCUT2D eigenvalue weighted by Crippen LogP contribution is 2.09. The molecule has 1 rings (SSSR count). The van der Waals surface area contributed by atoms with E-state index >= 15 is 0 Å². The van der Waals surface area contributed by atoms with Gasteiger partial charge in [0.15, 0.2) is 0 Å². The summed E-state index contributed by atoms with van der Waals surface area (Å²) in [6.07, 6.45) is 5.32. The summed E-state index contributed by atoms with van der Waals surface area (Å²) < 4.78 is 4.98. The third-order valence-corrected chi connectivity index (χ3v) is 2.18. The number of hydrogen-bond donors (Lipinski definition) is 2. The molecular weight excluding hydrogens is 190 g/mol. The molecule has 1 aromatic heterocycles. The molecule has 0 saturated carbocycles. The molecule has 0 fully saturated rings. The Bertz CT molecular complexity index is 297. The molecule has 15 heavy (non-hydrogen) atoms. The van der Waals surface area contributed by atoms with Crippen LogP contribution in [0, 0.1) is 0 Å². The predicted octanol–water partition coefficient (Wildman–Crippen LogP) is 1.04. The van der Waals surface area contributed by atoms with E-state index in [9.17, 15) is 0 Å². The second kappa shape index (κ2) is 6.16. The SMILES string of the molecule is C=CCC(Cc1ccc(OC)nc1)NN. The Hall–Kier alpha value is -1.39. The van der Waals surface area contributed by atoms with Crippen molar-refractivity contribution in [3.05, 3.63) is 36.5 Å². The van der Waals surface area contributed by atoms with Crippen LogP contribution in [0.1, 0.15) is 12.0 Å². The Labute approximate surface area is 90.1 Å². The molecule has 82 valence electrons. The van der Waals surface area contributed by atoms with Gasteiger partial charge in [-0.15, -0.1) is 6.58 Å². The Balaban J connectivity index is 2.58. The van der Waals surface area contributed by atoms with Crippen molar-refractivity contribution in [2.75, 3.05) is 7.11 Å². The van der Waals surface area contributed by atoms with Gasteiger partial charge in [0.05, 0.1) is 7.11 Å². The maximum atomic E-state index is 5.42. The summed E-state index contributed by atoms with van der Waals surface area (Å²) >= 11 is 0. The Morgan fingerprint density at radius 1 is 1.67 bits per heavy atom. The van der Waals surface area contributed by atoms with Crippen LogP contribution in [0.2, 0.25) is 0 Å². The fourth-order valence-electron chi connectivity index (χ4n) is 1.35. The molecular formula is C11H17N3O. The first-order chi connectivity index (χ1) is 7.30. The van der Waals surface area contributed by atoms with Crippen LogP contribution in [-0.2, 0) is 6.42 Å². The molecule has 0 spiro atoms. The van der Waals surface area contributed by atoms with Crippen LogP contribution in [0.4, 0.5) is 0 Å². The van der Waals surface area contributed by atoms with Crippen LogP contribution in [-0.4, -0.2) is 18.1 Å². The summed E-state index contributed by atoms with van der Waals surface area (Å²) in [5.74, 6) is 6.04. The van der Waals surface area contributed by atoms with E-state index in [0.717, 1.165) is 18.4 Å². The summed E-state index contributed by atoms with van der Waals surface area (Å²) in [5, 5.41) is 0. The largest absolute Gasteiger partial charge is 0.481 e. The van der Waals surface area contributed by atoms with Crippen molar-refractivity contribution in [1.82, 2.24) is 10.4 Å². The number of ether oxygens (including phenoxy) is 1. The highest BCUT2D eigenvalue weighted by Gasteiger charge is 2.05. The first kappa shape index (κ1) is 11.7. The minimum atomic E-state index is 0.206. The van der Waals surface area contributed by atoms with Gasteiger partial charge in [0.2, 0.25) is 5.88 Å². The molecule has 0 aliphatic rings. The first-order valence-electron chi connectivity index (χ1n) is 4.86. The molecule has 0 amide bonds. The first-order valence-corrected chi connectivity index (χ1v) is 4.86. The number of hydrogen-bond acceptors (Lipinski definition) is 4. The highest BCUT2D eigenvalue weighted by molar-refractivity contribution is 5.18. The molecule has 0 bridgehead atoms. The normalized spacial score (nSPS) is 12.1. The number of rotatable bonds is 6. The summed E-state index contributed by atoms with van der Waals surface area (Å²) in [5.41, 5.74) is 3.88. The molecule has 1 unspecified atom stereocenters. The third kappa shape index (κ3) is 3.69. The van der Waals surface area contributed by atoms with Crippen molar-refractivity contribution >= 4 is 0 Å². The van der Waals surface area contributed by atoms with Crippen molar-refractivity contribution in [2.24, 2.45) is 5.84 Å². The molecule has 1 aromatic rings. The van der Waals surface area contributed by atoms with Crippen molar-refractivity contribution in [3.8, 4) is 5.88 Å².